The number of aryl methyl sites for hydroxylation is 1. The van der Waals surface area contributed by atoms with Gasteiger partial charge < -0.3 is 9.84 Å². The molecule has 0 saturated carbocycles. The maximum Gasteiger partial charge on any atom is 0.122 e. The summed E-state index contributed by atoms with van der Waals surface area (Å²) >= 11 is 0. The molecular weight excluding hydrogens is 176 g/mol. The molecule has 14 heavy (non-hydrogen) atoms. The van der Waals surface area contributed by atoms with Crippen LogP contribution in [-0.2, 0) is 6.42 Å². The average molecular weight is 194 g/mol. The summed E-state index contributed by atoms with van der Waals surface area (Å²) in [4.78, 5) is 0. The zero-order valence-electron chi connectivity index (χ0n) is 8.92. The standard InChI is InChI=1S/C12H18O2/c1-3-8-14-12-9-11(6-7-13)5-4-10(12)2/h4-5,9,13H,3,6-8H2,1-2H3. The number of rotatable bonds is 5. The Morgan fingerprint density at radius 1 is 1.36 bits per heavy atom. The molecular formula is C12H18O2. The van der Waals surface area contributed by atoms with Gasteiger partial charge in [-0.3, -0.25) is 0 Å². The van der Waals surface area contributed by atoms with Crippen molar-refractivity contribution in [2.24, 2.45) is 0 Å². The van der Waals surface area contributed by atoms with Crippen LogP contribution in [0.2, 0.25) is 0 Å². The smallest absolute Gasteiger partial charge is 0.122 e. The van der Waals surface area contributed by atoms with Crippen LogP contribution in [0.4, 0.5) is 0 Å². The first-order valence-electron chi connectivity index (χ1n) is 5.11. The average Bonchev–Trinajstić information content (AvgIpc) is 2.19. The minimum absolute atomic E-state index is 0.191. The van der Waals surface area contributed by atoms with Gasteiger partial charge in [0.2, 0.25) is 0 Å². The fourth-order valence-corrected chi connectivity index (χ4v) is 1.30. The number of aliphatic hydroxyl groups is 1. The molecule has 0 atom stereocenters. The van der Waals surface area contributed by atoms with Gasteiger partial charge in [0, 0.05) is 6.61 Å². The zero-order chi connectivity index (χ0) is 10.4. The van der Waals surface area contributed by atoms with E-state index in [1.165, 1.54) is 0 Å². The minimum atomic E-state index is 0.191. The van der Waals surface area contributed by atoms with Gasteiger partial charge in [0.05, 0.1) is 6.61 Å². The molecule has 2 heteroatoms. The largest absolute Gasteiger partial charge is 0.493 e. The van der Waals surface area contributed by atoms with Crippen LogP contribution in [0.3, 0.4) is 0 Å². The highest BCUT2D eigenvalue weighted by Crippen LogP contribution is 2.19. The lowest BCUT2D eigenvalue weighted by Gasteiger charge is -2.09. The van der Waals surface area contributed by atoms with Crippen molar-refractivity contribution in [2.75, 3.05) is 13.2 Å². The van der Waals surface area contributed by atoms with Crippen molar-refractivity contribution in [2.45, 2.75) is 26.7 Å². The molecule has 1 aromatic rings. The van der Waals surface area contributed by atoms with Crippen LogP contribution in [-0.4, -0.2) is 18.3 Å². The van der Waals surface area contributed by atoms with Gasteiger partial charge in [-0.2, -0.15) is 0 Å². The van der Waals surface area contributed by atoms with Gasteiger partial charge in [-0.05, 0) is 37.0 Å². The van der Waals surface area contributed by atoms with E-state index >= 15 is 0 Å². The van der Waals surface area contributed by atoms with E-state index in [4.69, 9.17) is 9.84 Å². The Hall–Kier alpha value is -1.02. The van der Waals surface area contributed by atoms with Crippen molar-refractivity contribution >= 4 is 0 Å². The lowest BCUT2D eigenvalue weighted by molar-refractivity contribution is 0.298. The Bertz CT molecular complexity index is 282. The fraction of sp³-hybridized carbons (Fsp3) is 0.500. The Kier molecular flexibility index (Phi) is 4.47. The van der Waals surface area contributed by atoms with Crippen LogP contribution in [0.1, 0.15) is 24.5 Å². The van der Waals surface area contributed by atoms with Gasteiger partial charge in [-0.25, -0.2) is 0 Å². The molecule has 1 aromatic carbocycles. The molecule has 0 aromatic heterocycles. The van der Waals surface area contributed by atoms with Crippen molar-refractivity contribution in [1.82, 2.24) is 0 Å². The molecule has 0 aliphatic carbocycles. The number of aliphatic hydroxyl groups excluding tert-OH is 1. The topological polar surface area (TPSA) is 29.5 Å². The highest BCUT2D eigenvalue weighted by Gasteiger charge is 2.00. The van der Waals surface area contributed by atoms with Gasteiger partial charge in [0.1, 0.15) is 5.75 Å². The third kappa shape index (κ3) is 3.04. The molecule has 0 aliphatic rings. The summed E-state index contributed by atoms with van der Waals surface area (Å²) in [6, 6.07) is 6.08. The molecule has 78 valence electrons. The van der Waals surface area contributed by atoms with Crippen molar-refractivity contribution < 1.29 is 9.84 Å². The fourth-order valence-electron chi connectivity index (χ4n) is 1.30. The quantitative estimate of drug-likeness (QED) is 0.779. The highest BCUT2D eigenvalue weighted by molar-refractivity contribution is 5.36. The second-order valence-electron chi connectivity index (χ2n) is 3.42. The SMILES string of the molecule is CCCOc1cc(CCO)ccc1C. The van der Waals surface area contributed by atoms with Crippen molar-refractivity contribution in [1.29, 1.82) is 0 Å². The number of hydrogen-bond acceptors (Lipinski definition) is 2. The maximum absolute atomic E-state index is 8.82. The molecule has 0 spiro atoms. The van der Waals surface area contributed by atoms with E-state index in [1.807, 2.05) is 25.1 Å². The van der Waals surface area contributed by atoms with Gasteiger partial charge in [0.15, 0.2) is 0 Å². The van der Waals surface area contributed by atoms with Crippen molar-refractivity contribution in [3.8, 4) is 5.75 Å². The molecule has 2 nitrogen and oxygen atoms in total. The van der Waals surface area contributed by atoms with Gasteiger partial charge in [-0.15, -0.1) is 0 Å². The van der Waals surface area contributed by atoms with Gasteiger partial charge in [-0.1, -0.05) is 19.1 Å². The summed E-state index contributed by atoms with van der Waals surface area (Å²) in [6.07, 6.45) is 1.71. The van der Waals surface area contributed by atoms with E-state index in [-0.39, 0.29) is 6.61 Å². The molecule has 0 aliphatic heterocycles. The summed E-state index contributed by atoms with van der Waals surface area (Å²) in [5, 5.41) is 8.82. The van der Waals surface area contributed by atoms with E-state index in [1.54, 1.807) is 0 Å². The van der Waals surface area contributed by atoms with Crippen molar-refractivity contribution in [3.05, 3.63) is 29.3 Å². The van der Waals surface area contributed by atoms with E-state index in [0.717, 1.165) is 29.9 Å². The van der Waals surface area contributed by atoms with Crippen LogP contribution in [0.15, 0.2) is 18.2 Å². The van der Waals surface area contributed by atoms with E-state index < -0.39 is 0 Å². The lowest BCUT2D eigenvalue weighted by Crippen LogP contribution is -1.99. The first-order chi connectivity index (χ1) is 6.77. The zero-order valence-corrected chi connectivity index (χ0v) is 8.92. The summed E-state index contributed by atoms with van der Waals surface area (Å²) in [7, 11) is 0. The molecule has 0 radical (unpaired) electrons. The molecule has 0 amide bonds. The summed E-state index contributed by atoms with van der Waals surface area (Å²) < 4.78 is 5.59. The second kappa shape index (κ2) is 5.66. The predicted molar refractivity (Wildman–Crippen MR) is 57.8 cm³/mol. The summed E-state index contributed by atoms with van der Waals surface area (Å²) in [5.74, 6) is 0.942. The minimum Gasteiger partial charge on any atom is -0.493 e. The maximum atomic E-state index is 8.82. The van der Waals surface area contributed by atoms with Crippen molar-refractivity contribution in [3.63, 3.8) is 0 Å². The molecule has 0 unspecified atom stereocenters. The third-order valence-electron chi connectivity index (χ3n) is 2.11. The molecule has 0 saturated heterocycles. The van der Waals surface area contributed by atoms with Crippen LogP contribution < -0.4 is 4.74 Å². The lowest BCUT2D eigenvalue weighted by atomic mass is 10.1. The Morgan fingerprint density at radius 2 is 2.14 bits per heavy atom. The van der Waals surface area contributed by atoms with Crippen LogP contribution in [0.25, 0.3) is 0 Å². The Morgan fingerprint density at radius 3 is 2.79 bits per heavy atom. The van der Waals surface area contributed by atoms with Gasteiger partial charge in [0.25, 0.3) is 0 Å². The normalized spacial score (nSPS) is 10.2. The second-order valence-corrected chi connectivity index (χ2v) is 3.42. The molecule has 1 N–H and O–H groups in total. The van der Waals surface area contributed by atoms with E-state index in [2.05, 4.69) is 6.92 Å². The van der Waals surface area contributed by atoms with Crippen LogP contribution in [0, 0.1) is 6.92 Å². The molecule has 0 bridgehead atoms. The first-order valence-corrected chi connectivity index (χ1v) is 5.11. The monoisotopic (exact) mass is 194 g/mol. The predicted octanol–water partition coefficient (Wildman–Crippen LogP) is 2.32. The molecule has 0 heterocycles. The van der Waals surface area contributed by atoms with Crippen LogP contribution in [0.5, 0.6) is 5.75 Å². The van der Waals surface area contributed by atoms with E-state index in [0.29, 0.717) is 6.42 Å². The summed E-state index contributed by atoms with van der Waals surface area (Å²) in [5.41, 5.74) is 2.28. The first kappa shape index (κ1) is 11.1. The third-order valence-corrected chi connectivity index (χ3v) is 2.11. The van der Waals surface area contributed by atoms with Gasteiger partial charge >= 0.3 is 0 Å². The molecule has 0 fully saturated rings. The number of hydrogen-bond donors (Lipinski definition) is 1. The number of ether oxygens (including phenoxy) is 1. The van der Waals surface area contributed by atoms with Crippen LogP contribution >= 0.6 is 0 Å². The Balaban J connectivity index is 2.74. The number of benzene rings is 1. The summed E-state index contributed by atoms with van der Waals surface area (Å²) in [6.45, 7) is 5.07. The Labute approximate surface area is 85.5 Å². The molecule has 1 rings (SSSR count). The highest BCUT2D eigenvalue weighted by atomic mass is 16.5. The van der Waals surface area contributed by atoms with E-state index in [9.17, 15) is 0 Å².